The first-order chi connectivity index (χ1) is 16.9. The molecule has 2 unspecified atom stereocenters. The van der Waals surface area contributed by atoms with Gasteiger partial charge in [0.05, 0.1) is 13.2 Å². The van der Waals surface area contributed by atoms with Crippen molar-refractivity contribution in [2.45, 2.75) is 59.2 Å². The standard InChI is InChI=1S/C27H34N4O5/c1-17-8-9-18(2)22(16-17)23(24(32)30-20-10-12-21(35-7)13-11-20)31(15-14-28)25(33)19(3)29-26(34)36-27(4,5)6/h8-13,16,19,23H,15H2,1-7H3,(H,29,34)(H,30,32). The van der Waals surface area contributed by atoms with Crippen molar-refractivity contribution in [3.8, 4) is 11.8 Å². The average molecular weight is 495 g/mol. The van der Waals surface area contributed by atoms with E-state index in [1.165, 1.54) is 11.8 Å². The van der Waals surface area contributed by atoms with E-state index in [9.17, 15) is 19.6 Å². The molecule has 3 amide bonds. The van der Waals surface area contributed by atoms with Gasteiger partial charge in [0.2, 0.25) is 5.91 Å². The van der Waals surface area contributed by atoms with Gasteiger partial charge in [-0.3, -0.25) is 9.59 Å². The van der Waals surface area contributed by atoms with Crippen molar-refractivity contribution in [3.63, 3.8) is 0 Å². The number of ether oxygens (including phenoxy) is 2. The van der Waals surface area contributed by atoms with Crippen LogP contribution in [0.25, 0.3) is 0 Å². The lowest BCUT2D eigenvalue weighted by Crippen LogP contribution is -2.51. The summed E-state index contributed by atoms with van der Waals surface area (Å²) < 4.78 is 10.4. The predicted octanol–water partition coefficient (Wildman–Crippen LogP) is 4.26. The number of hydrogen-bond donors (Lipinski definition) is 2. The maximum atomic E-state index is 13.6. The number of rotatable bonds is 8. The van der Waals surface area contributed by atoms with E-state index in [0.717, 1.165) is 11.1 Å². The summed E-state index contributed by atoms with van der Waals surface area (Å²) in [5.74, 6) is -0.470. The lowest BCUT2D eigenvalue weighted by Gasteiger charge is -2.32. The fourth-order valence-electron chi connectivity index (χ4n) is 3.56. The molecule has 0 fully saturated rings. The molecule has 36 heavy (non-hydrogen) atoms. The second-order valence-corrected chi connectivity index (χ2v) is 9.47. The highest BCUT2D eigenvalue weighted by Gasteiger charge is 2.35. The van der Waals surface area contributed by atoms with E-state index in [-0.39, 0.29) is 6.54 Å². The Hall–Kier alpha value is -4.06. The number of alkyl carbamates (subject to hydrolysis) is 1. The normalized spacial score (nSPS) is 12.5. The predicted molar refractivity (Wildman–Crippen MR) is 136 cm³/mol. The van der Waals surface area contributed by atoms with Crippen LogP contribution in [0.5, 0.6) is 5.75 Å². The first-order valence-corrected chi connectivity index (χ1v) is 11.5. The van der Waals surface area contributed by atoms with Gasteiger partial charge in [0.25, 0.3) is 5.91 Å². The molecule has 0 spiro atoms. The summed E-state index contributed by atoms with van der Waals surface area (Å²) >= 11 is 0. The third-order valence-corrected chi connectivity index (χ3v) is 5.27. The Labute approximate surface area is 212 Å². The van der Waals surface area contributed by atoms with Crippen LogP contribution in [-0.2, 0) is 14.3 Å². The SMILES string of the molecule is COc1ccc(NC(=O)C(c2cc(C)ccc2C)N(CC#N)C(=O)C(C)NC(=O)OC(C)(C)C)cc1. The molecule has 192 valence electrons. The van der Waals surface area contributed by atoms with Crippen LogP contribution in [0.3, 0.4) is 0 Å². The fourth-order valence-corrected chi connectivity index (χ4v) is 3.56. The number of carbonyl (C=O) groups excluding carboxylic acids is 3. The van der Waals surface area contributed by atoms with Crippen LogP contribution in [0.2, 0.25) is 0 Å². The Bertz CT molecular complexity index is 1130. The first kappa shape index (κ1) is 28.2. The third kappa shape index (κ3) is 7.73. The molecule has 0 aliphatic carbocycles. The molecule has 0 heterocycles. The van der Waals surface area contributed by atoms with E-state index in [1.807, 2.05) is 38.1 Å². The second-order valence-electron chi connectivity index (χ2n) is 9.47. The third-order valence-electron chi connectivity index (χ3n) is 5.27. The van der Waals surface area contributed by atoms with Gasteiger partial charge < -0.3 is 25.0 Å². The van der Waals surface area contributed by atoms with E-state index in [4.69, 9.17) is 9.47 Å². The largest absolute Gasteiger partial charge is 0.497 e. The van der Waals surface area contributed by atoms with Crippen molar-refractivity contribution in [1.82, 2.24) is 10.2 Å². The Morgan fingerprint density at radius 2 is 1.72 bits per heavy atom. The summed E-state index contributed by atoms with van der Waals surface area (Å²) in [6, 6.07) is 12.1. The zero-order valence-corrected chi connectivity index (χ0v) is 21.8. The van der Waals surface area contributed by atoms with Gasteiger partial charge in [-0.25, -0.2) is 4.79 Å². The number of amides is 3. The topological polar surface area (TPSA) is 121 Å². The number of nitriles is 1. The number of carbonyl (C=O) groups is 3. The summed E-state index contributed by atoms with van der Waals surface area (Å²) in [7, 11) is 1.54. The summed E-state index contributed by atoms with van der Waals surface area (Å²) in [5, 5.41) is 14.9. The Kier molecular flexibility index (Phi) is 9.45. The quantitative estimate of drug-likeness (QED) is 0.529. The van der Waals surface area contributed by atoms with Gasteiger partial charge in [0.1, 0.15) is 30.0 Å². The molecule has 2 atom stereocenters. The van der Waals surface area contributed by atoms with Crippen LogP contribution in [-0.4, -0.2) is 48.1 Å². The summed E-state index contributed by atoms with van der Waals surface area (Å²) in [5.41, 5.74) is 1.99. The van der Waals surface area contributed by atoms with E-state index in [0.29, 0.717) is 17.0 Å². The van der Waals surface area contributed by atoms with Crippen molar-refractivity contribution < 1.29 is 23.9 Å². The molecule has 9 nitrogen and oxygen atoms in total. The molecule has 0 saturated carbocycles. The minimum Gasteiger partial charge on any atom is -0.497 e. The maximum Gasteiger partial charge on any atom is 0.408 e. The summed E-state index contributed by atoms with van der Waals surface area (Å²) in [6.45, 7) is 9.96. The van der Waals surface area contributed by atoms with Gasteiger partial charge in [0.15, 0.2) is 0 Å². The number of aryl methyl sites for hydroxylation is 2. The molecule has 0 aliphatic rings. The number of hydrogen-bond acceptors (Lipinski definition) is 6. The molecule has 0 aromatic heterocycles. The van der Waals surface area contributed by atoms with Gasteiger partial charge in [-0.2, -0.15) is 5.26 Å². The molecule has 2 aromatic carbocycles. The highest BCUT2D eigenvalue weighted by molar-refractivity contribution is 5.99. The van der Waals surface area contributed by atoms with Crippen LogP contribution in [0.1, 0.15) is 50.4 Å². The monoisotopic (exact) mass is 494 g/mol. The zero-order valence-electron chi connectivity index (χ0n) is 21.8. The Morgan fingerprint density at radius 3 is 2.28 bits per heavy atom. The van der Waals surface area contributed by atoms with Crippen LogP contribution < -0.4 is 15.4 Å². The van der Waals surface area contributed by atoms with E-state index in [2.05, 4.69) is 10.6 Å². The van der Waals surface area contributed by atoms with Crippen molar-refractivity contribution in [2.75, 3.05) is 19.0 Å². The molecular formula is C27H34N4O5. The molecule has 0 bridgehead atoms. The lowest BCUT2D eigenvalue weighted by atomic mass is 9.96. The van der Waals surface area contributed by atoms with Gasteiger partial charge >= 0.3 is 6.09 Å². The van der Waals surface area contributed by atoms with E-state index in [1.54, 1.807) is 52.1 Å². The van der Waals surface area contributed by atoms with Crippen LogP contribution in [0.4, 0.5) is 10.5 Å². The summed E-state index contributed by atoms with van der Waals surface area (Å²) in [6.07, 6.45) is -0.772. The Morgan fingerprint density at radius 1 is 1.08 bits per heavy atom. The fraction of sp³-hybridized carbons (Fsp3) is 0.407. The average Bonchev–Trinajstić information content (AvgIpc) is 2.79. The zero-order chi connectivity index (χ0) is 27.0. The minimum absolute atomic E-state index is 0.368. The van der Waals surface area contributed by atoms with Gasteiger partial charge in [0, 0.05) is 5.69 Å². The van der Waals surface area contributed by atoms with Gasteiger partial charge in [-0.1, -0.05) is 23.8 Å². The van der Waals surface area contributed by atoms with Crippen molar-refractivity contribution in [1.29, 1.82) is 5.26 Å². The lowest BCUT2D eigenvalue weighted by molar-refractivity contribution is -0.139. The molecule has 2 rings (SSSR count). The second kappa shape index (κ2) is 12.1. The van der Waals surface area contributed by atoms with Crippen LogP contribution in [0.15, 0.2) is 42.5 Å². The molecule has 2 N–H and O–H groups in total. The maximum absolute atomic E-state index is 13.6. The summed E-state index contributed by atoms with van der Waals surface area (Å²) in [4.78, 5) is 40.6. The first-order valence-electron chi connectivity index (χ1n) is 11.5. The molecule has 2 aromatic rings. The van der Waals surface area contributed by atoms with E-state index < -0.39 is 35.6 Å². The number of nitrogens with zero attached hydrogens (tertiary/aromatic N) is 2. The van der Waals surface area contributed by atoms with Crippen LogP contribution >= 0.6 is 0 Å². The molecule has 0 radical (unpaired) electrons. The molecule has 9 heteroatoms. The number of benzene rings is 2. The smallest absolute Gasteiger partial charge is 0.408 e. The Balaban J connectivity index is 2.44. The van der Waals surface area contributed by atoms with Crippen molar-refractivity contribution in [2.24, 2.45) is 0 Å². The van der Waals surface area contributed by atoms with Crippen molar-refractivity contribution >= 4 is 23.6 Å². The molecule has 0 aliphatic heterocycles. The van der Waals surface area contributed by atoms with Gasteiger partial charge in [-0.15, -0.1) is 0 Å². The molecular weight excluding hydrogens is 460 g/mol. The number of anilines is 1. The number of methoxy groups -OCH3 is 1. The van der Waals surface area contributed by atoms with Crippen LogP contribution in [0, 0.1) is 25.2 Å². The van der Waals surface area contributed by atoms with Crippen molar-refractivity contribution in [3.05, 3.63) is 59.2 Å². The number of nitrogens with one attached hydrogen (secondary N) is 2. The molecule has 0 saturated heterocycles. The van der Waals surface area contributed by atoms with Gasteiger partial charge in [-0.05, 0) is 76.9 Å². The highest BCUT2D eigenvalue weighted by atomic mass is 16.6. The minimum atomic E-state index is -1.12. The van der Waals surface area contributed by atoms with E-state index >= 15 is 0 Å². The highest BCUT2D eigenvalue weighted by Crippen LogP contribution is 2.28.